The van der Waals surface area contributed by atoms with Crippen LogP contribution in [0, 0.1) is 5.82 Å². The second-order valence-corrected chi connectivity index (χ2v) is 6.91. The molecular formula is C19H21FN4O. The van der Waals surface area contributed by atoms with Crippen molar-refractivity contribution in [3.05, 3.63) is 54.1 Å². The van der Waals surface area contributed by atoms with Gasteiger partial charge in [-0.3, -0.25) is 4.79 Å². The Hall–Kier alpha value is -2.50. The molecular weight excluding hydrogens is 319 g/mol. The fourth-order valence-electron chi connectivity index (χ4n) is 4.34. The van der Waals surface area contributed by atoms with Crippen LogP contribution in [0.2, 0.25) is 0 Å². The largest absolute Gasteiger partial charge is 0.341 e. The van der Waals surface area contributed by atoms with Gasteiger partial charge in [0.15, 0.2) is 5.82 Å². The molecule has 2 aliphatic rings. The lowest BCUT2D eigenvalue weighted by molar-refractivity contribution is -0.130. The first kappa shape index (κ1) is 16.0. The average molecular weight is 340 g/mol. The van der Waals surface area contributed by atoms with E-state index >= 15 is 0 Å². The Balaban J connectivity index is 1.58. The molecule has 2 saturated heterocycles. The monoisotopic (exact) mass is 340 g/mol. The van der Waals surface area contributed by atoms with Crippen LogP contribution in [0.5, 0.6) is 0 Å². The number of amides is 1. The second-order valence-electron chi connectivity index (χ2n) is 6.91. The second kappa shape index (κ2) is 6.10. The molecule has 130 valence electrons. The van der Waals surface area contributed by atoms with Crippen LogP contribution in [0.4, 0.5) is 10.3 Å². The summed E-state index contributed by atoms with van der Waals surface area (Å²) < 4.78 is 13.0. The summed E-state index contributed by atoms with van der Waals surface area (Å²) in [5.74, 6) is 0.546. The summed E-state index contributed by atoms with van der Waals surface area (Å²) in [6, 6.07) is 10.3. The van der Waals surface area contributed by atoms with Crippen LogP contribution in [-0.2, 0) is 4.79 Å². The molecule has 0 bridgehead atoms. The van der Waals surface area contributed by atoms with E-state index in [1.54, 1.807) is 0 Å². The summed E-state index contributed by atoms with van der Waals surface area (Å²) in [6.07, 6.45) is 4.67. The van der Waals surface area contributed by atoms with Crippen LogP contribution in [0.3, 0.4) is 0 Å². The normalized spacial score (nSPS) is 22.6. The first-order valence-corrected chi connectivity index (χ1v) is 8.64. The van der Waals surface area contributed by atoms with Crippen molar-refractivity contribution in [2.24, 2.45) is 0 Å². The summed E-state index contributed by atoms with van der Waals surface area (Å²) in [5.41, 5.74) is 1.07. The number of anilines is 1. The number of halogens is 1. The van der Waals surface area contributed by atoms with Gasteiger partial charge in [0, 0.05) is 32.5 Å². The third-order valence-electron chi connectivity index (χ3n) is 5.79. The summed E-state index contributed by atoms with van der Waals surface area (Å²) in [5, 5.41) is 0. The molecule has 2 aromatic rings. The van der Waals surface area contributed by atoms with Gasteiger partial charge in [-0.25, -0.2) is 14.4 Å². The minimum Gasteiger partial charge on any atom is -0.341 e. The molecule has 1 amide bonds. The molecule has 0 unspecified atom stereocenters. The third-order valence-corrected chi connectivity index (χ3v) is 5.79. The van der Waals surface area contributed by atoms with E-state index in [0.29, 0.717) is 12.4 Å². The predicted molar refractivity (Wildman–Crippen MR) is 92.7 cm³/mol. The molecule has 0 aliphatic carbocycles. The van der Waals surface area contributed by atoms with Gasteiger partial charge in [-0.05, 0) is 18.4 Å². The molecule has 25 heavy (non-hydrogen) atoms. The Labute approximate surface area is 146 Å². The standard InChI is InChI=1S/C19H21FN4O/c1-23-17(25)11-16(14-5-3-2-4-6-14)19(23)7-9-24(10-8-19)18-21-12-15(20)13-22-18/h2-6,12-13,16H,7-11H2,1H3/t16-/m0/s1. The molecule has 0 N–H and O–H groups in total. The lowest BCUT2D eigenvalue weighted by atomic mass is 9.74. The van der Waals surface area contributed by atoms with E-state index in [4.69, 9.17) is 0 Å². The number of piperidine rings is 1. The van der Waals surface area contributed by atoms with E-state index in [2.05, 4.69) is 27.0 Å². The highest BCUT2D eigenvalue weighted by molar-refractivity contribution is 5.81. The molecule has 2 fully saturated rings. The highest BCUT2D eigenvalue weighted by Gasteiger charge is 2.52. The lowest BCUT2D eigenvalue weighted by Gasteiger charge is -2.46. The minimum atomic E-state index is -0.428. The van der Waals surface area contributed by atoms with Crippen molar-refractivity contribution in [3.8, 4) is 0 Å². The van der Waals surface area contributed by atoms with Crippen molar-refractivity contribution in [2.75, 3.05) is 25.0 Å². The number of carbonyl (C=O) groups is 1. The van der Waals surface area contributed by atoms with E-state index in [9.17, 15) is 9.18 Å². The van der Waals surface area contributed by atoms with Crippen molar-refractivity contribution >= 4 is 11.9 Å². The number of aromatic nitrogens is 2. The molecule has 1 aromatic carbocycles. The Bertz CT molecular complexity index is 757. The van der Waals surface area contributed by atoms with Gasteiger partial charge in [0.2, 0.25) is 11.9 Å². The zero-order valence-corrected chi connectivity index (χ0v) is 14.2. The smallest absolute Gasteiger partial charge is 0.225 e. The van der Waals surface area contributed by atoms with Crippen LogP contribution in [0.25, 0.3) is 0 Å². The number of hydrogen-bond donors (Lipinski definition) is 0. The number of benzene rings is 1. The van der Waals surface area contributed by atoms with Crippen molar-refractivity contribution in [1.82, 2.24) is 14.9 Å². The van der Waals surface area contributed by atoms with Crippen LogP contribution < -0.4 is 4.90 Å². The third kappa shape index (κ3) is 2.65. The highest BCUT2D eigenvalue weighted by Crippen LogP contribution is 2.48. The van der Waals surface area contributed by atoms with Crippen LogP contribution in [-0.4, -0.2) is 46.5 Å². The van der Waals surface area contributed by atoms with Crippen molar-refractivity contribution in [3.63, 3.8) is 0 Å². The Morgan fingerprint density at radius 1 is 1.12 bits per heavy atom. The van der Waals surface area contributed by atoms with Gasteiger partial charge in [-0.2, -0.15) is 0 Å². The van der Waals surface area contributed by atoms with Gasteiger partial charge in [-0.1, -0.05) is 30.3 Å². The number of carbonyl (C=O) groups excluding carboxylic acids is 1. The van der Waals surface area contributed by atoms with Gasteiger partial charge in [0.1, 0.15) is 0 Å². The quantitative estimate of drug-likeness (QED) is 0.843. The summed E-state index contributed by atoms with van der Waals surface area (Å²) in [7, 11) is 1.93. The molecule has 6 heteroatoms. The zero-order chi connectivity index (χ0) is 17.4. The predicted octanol–water partition coefficient (Wildman–Crippen LogP) is 2.60. The summed E-state index contributed by atoms with van der Waals surface area (Å²) in [4.78, 5) is 24.7. The Morgan fingerprint density at radius 2 is 1.76 bits per heavy atom. The molecule has 0 radical (unpaired) electrons. The number of nitrogens with zero attached hydrogens (tertiary/aromatic N) is 4. The van der Waals surface area contributed by atoms with E-state index in [1.807, 2.05) is 30.1 Å². The molecule has 1 atom stereocenters. The average Bonchev–Trinajstić information content (AvgIpc) is 2.89. The lowest BCUT2D eigenvalue weighted by Crippen LogP contribution is -2.54. The molecule has 5 nitrogen and oxygen atoms in total. The Morgan fingerprint density at radius 3 is 2.40 bits per heavy atom. The van der Waals surface area contributed by atoms with E-state index in [0.717, 1.165) is 25.9 Å². The van der Waals surface area contributed by atoms with Crippen molar-refractivity contribution < 1.29 is 9.18 Å². The van der Waals surface area contributed by atoms with Gasteiger partial charge in [0.25, 0.3) is 0 Å². The van der Waals surface area contributed by atoms with Gasteiger partial charge in [0.05, 0.1) is 17.9 Å². The maximum absolute atomic E-state index is 13.0. The van der Waals surface area contributed by atoms with E-state index in [-0.39, 0.29) is 17.4 Å². The van der Waals surface area contributed by atoms with Gasteiger partial charge >= 0.3 is 0 Å². The molecule has 4 rings (SSSR count). The van der Waals surface area contributed by atoms with Crippen molar-refractivity contribution in [2.45, 2.75) is 30.7 Å². The number of likely N-dealkylation sites (N-methyl/N-ethyl adjacent to an activating group) is 1. The Kier molecular flexibility index (Phi) is 3.90. The molecule has 1 aromatic heterocycles. The minimum absolute atomic E-state index is 0.158. The van der Waals surface area contributed by atoms with Gasteiger partial charge < -0.3 is 9.80 Å². The first-order chi connectivity index (χ1) is 12.1. The zero-order valence-electron chi connectivity index (χ0n) is 14.2. The molecule has 0 saturated carbocycles. The fourth-order valence-corrected chi connectivity index (χ4v) is 4.34. The van der Waals surface area contributed by atoms with E-state index in [1.165, 1.54) is 18.0 Å². The maximum atomic E-state index is 13.0. The van der Waals surface area contributed by atoms with Gasteiger partial charge in [-0.15, -0.1) is 0 Å². The molecule has 3 heterocycles. The topological polar surface area (TPSA) is 49.3 Å². The summed E-state index contributed by atoms with van der Waals surface area (Å²) >= 11 is 0. The van der Waals surface area contributed by atoms with Crippen LogP contribution >= 0.6 is 0 Å². The van der Waals surface area contributed by atoms with Crippen LogP contribution in [0.15, 0.2) is 42.7 Å². The summed E-state index contributed by atoms with van der Waals surface area (Å²) in [6.45, 7) is 1.51. The first-order valence-electron chi connectivity index (χ1n) is 8.64. The van der Waals surface area contributed by atoms with Crippen molar-refractivity contribution in [1.29, 1.82) is 0 Å². The number of likely N-dealkylation sites (tertiary alicyclic amines) is 1. The number of hydrogen-bond acceptors (Lipinski definition) is 4. The highest BCUT2D eigenvalue weighted by atomic mass is 19.1. The SMILES string of the molecule is CN1C(=O)C[C@@H](c2ccccc2)C12CCN(c1ncc(F)cn1)CC2. The fraction of sp³-hybridized carbons (Fsp3) is 0.421. The molecule has 2 aliphatic heterocycles. The maximum Gasteiger partial charge on any atom is 0.225 e. The van der Waals surface area contributed by atoms with Crippen LogP contribution in [0.1, 0.15) is 30.7 Å². The molecule has 1 spiro atoms. The number of rotatable bonds is 2. The van der Waals surface area contributed by atoms with E-state index < -0.39 is 5.82 Å².